The molecule has 0 bridgehead atoms. The molecule has 0 saturated heterocycles. The molecule has 5 aliphatic rings. The third kappa shape index (κ3) is 3.58. The van der Waals surface area contributed by atoms with E-state index in [1.807, 2.05) is 0 Å². The van der Waals surface area contributed by atoms with E-state index >= 15 is 0 Å². The van der Waals surface area contributed by atoms with Crippen molar-refractivity contribution in [1.29, 1.82) is 0 Å². The van der Waals surface area contributed by atoms with Gasteiger partial charge in [0.25, 0.3) is 0 Å². The van der Waals surface area contributed by atoms with Crippen molar-refractivity contribution in [3.8, 4) is 0 Å². The SMILES string of the molecule is CC1=CC=C(C2=C(c3ccccc3)C(C)(C)C3=C2N(c2ccccc2)C2CC=CC4=C2B3c2cccc3c5ccccc5n4c23)CC1. The first-order chi connectivity index (χ1) is 23.0. The van der Waals surface area contributed by atoms with Crippen LogP contribution in [-0.2, 0) is 0 Å². The highest BCUT2D eigenvalue weighted by Gasteiger charge is 2.56. The van der Waals surface area contributed by atoms with E-state index in [9.17, 15) is 0 Å². The Kier molecular flexibility index (Phi) is 5.63. The Balaban J connectivity index is 1.37. The van der Waals surface area contributed by atoms with E-state index in [4.69, 9.17) is 0 Å². The van der Waals surface area contributed by atoms with Crippen molar-refractivity contribution in [3.05, 3.63) is 166 Å². The van der Waals surface area contributed by atoms with Gasteiger partial charge < -0.3 is 9.47 Å². The van der Waals surface area contributed by atoms with Crippen molar-refractivity contribution >= 4 is 50.9 Å². The molecule has 1 aromatic heterocycles. The summed E-state index contributed by atoms with van der Waals surface area (Å²) < 4.78 is 2.59. The zero-order valence-corrected chi connectivity index (χ0v) is 27.3. The minimum Gasteiger partial charge on any atom is -0.335 e. The summed E-state index contributed by atoms with van der Waals surface area (Å²) in [6.07, 6.45) is 12.8. The molecule has 3 heterocycles. The number of allylic oxidation sites excluding steroid dienone is 8. The molecule has 0 radical (unpaired) electrons. The fraction of sp³-hybridized carbons (Fsp3) is 0.182. The number of nitrogens with zero attached hydrogens (tertiary/aromatic N) is 2. The molecule has 3 aliphatic carbocycles. The summed E-state index contributed by atoms with van der Waals surface area (Å²) in [6.45, 7) is 7.49. The van der Waals surface area contributed by atoms with E-state index in [1.165, 1.54) is 72.2 Å². The molecule has 4 aromatic carbocycles. The van der Waals surface area contributed by atoms with Crippen molar-refractivity contribution in [2.45, 2.75) is 46.1 Å². The second-order valence-electron chi connectivity index (χ2n) is 14.4. The van der Waals surface area contributed by atoms with Crippen molar-refractivity contribution < 1.29 is 0 Å². The van der Waals surface area contributed by atoms with E-state index in [-0.39, 0.29) is 18.2 Å². The molecule has 0 amide bonds. The summed E-state index contributed by atoms with van der Waals surface area (Å²) >= 11 is 0. The molecular formula is C44H37BN2. The predicted octanol–water partition coefficient (Wildman–Crippen LogP) is 10.1. The van der Waals surface area contributed by atoms with Crippen LogP contribution in [0.4, 0.5) is 5.69 Å². The molecule has 3 heteroatoms. The van der Waals surface area contributed by atoms with Crippen molar-refractivity contribution in [1.82, 2.24) is 4.57 Å². The number of fused-ring (bicyclic) bond motifs is 6. The van der Waals surface area contributed by atoms with Gasteiger partial charge in [0.05, 0.1) is 11.6 Å². The van der Waals surface area contributed by atoms with Gasteiger partial charge in [-0.15, -0.1) is 0 Å². The number of para-hydroxylation sites is 3. The number of hydrogen-bond donors (Lipinski definition) is 0. The van der Waals surface area contributed by atoms with Crippen molar-refractivity contribution in [2.75, 3.05) is 4.90 Å². The number of rotatable bonds is 3. The maximum Gasteiger partial charge on any atom is 0.243 e. The first-order valence-corrected chi connectivity index (χ1v) is 17.2. The van der Waals surface area contributed by atoms with Gasteiger partial charge in [0.15, 0.2) is 0 Å². The second kappa shape index (κ2) is 9.75. The molecule has 5 aromatic rings. The van der Waals surface area contributed by atoms with Crippen LogP contribution in [0.2, 0.25) is 0 Å². The quantitative estimate of drug-likeness (QED) is 0.186. The molecule has 47 heavy (non-hydrogen) atoms. The number of hydrogen-bond acceptors (Lipinski definition) is 1. The lowest BCUT2D eigenvalue weighted by atomic mass is 9.28. The summed E-state index contributed by atoms with van der Waals surface area (Å²) in [4.78, 5) is 2.75. The van der Waals surface area contributed by atoms with Gasteiger partial charge in [-0.05, 0) is 78.1 Å². The van der Waals surface area contributed by atoms with Crippen LogP contribution < -0.4 is 10.4 Å². The molecular weight excluding hydrogens is 567 g/mol. The average molecular weight is 605 g/mol. The Morgan fingerprint density at radius 2 is 1.51 bits per heavy atom. The summed E-state index contributed by atoms with van der Waals surface area (Å²) in [6, 6.07) is 38.8. The normalized spacial score (nSPS) is 21.0. The average Bonchev–Trinajstić information content (AvgIpc) is 3.57. The van der Waals surface area contributed by atoms with E-state index < -0.39 is 0 Å². The Bertz CT molecular complexity index is 2360. The van der Waals surface area contributed by atoms with Crippen LogP contribution in [0.25, 0.3) is 33.1 Å². The minimum absolute atomic E-state index is 0.197. The molecule has 2 nitrogen and oxygen atoms in total. The van der Waals surface area contributed by atoms with Crippen LogP contribution in [0, 0.1) is 5.41 Å². The Hall–Kier alpha value is -5.02. The van der Waals surface area contributed by atoms with Crippen LogP contribution >= 0.6 is 0 Å². The maximum absolute atomic E-state index is 2.75. The number of aromatic nitrogens is 1. The number of benzene rings is 4. The highest BCUT2D eigenvalue weighted by molar-refractivity contribution is 6.90. The van der Waals surface area contributed by atoms with Crippen molar-refractivity contribution in [3.63, 3.8) is 0 Å². The smallest absolute Gasteiger partial charge is 0.243 e. The summed E-state index contributed by atoms with van der Waals surface area (Å²) in [5.74, 6) is 0. The third-order valence-corrected chi connectivity index (χ3v) is 11.5. The molecule has 0 N–H and O–H groups in total. The zero-order chi connectivity index (χ0) is 31.4. The van der Waals surface area contributed by atoms with Gasteiger partial charge >= 0.3 is 0 Å². The molecule has 0 fully saturated rings. The van der Waals surface area contributed by atoms with Crippen molar-refractivity contribution in [2.24, 2.45) is 5.41 Å². The summed E-state index contributed by atoms with van der Waals surface area (Å²) in [5.41, 5.74) is 18.3. The van der Waals surface area contributed by atoms with Crippen LogP contribution in [0.15, 0.2) is 161 Å². The molecule has 0 saturated carbocycles. The van der Waals surface area contributed by atoms with Crippen LogP contribution in [0.5, 0.6) is 0 Å². The fourth-order valence-corrected chi connectivity index (χ4v) is 9.67. The highest BCUT2D eigenvalue weighted by atomic mass is 15.2. The van der Waals surface area contributed by atoms with Gasteiger partial charge in [0.1, 0.15) is 0 Å². The molecule has 10 rings (SSSR count). The fourth-order valence-electron chi connectivity index (χ4n) is 9.67. The lowest BCUT2D eigenvalue weighted by Crippen LogP contribution is -2.56. The topological polar surface area (TPSA) is 8.17 Å². The maximum atomic E-state index is 2.75. The van der Waals surface area contributed by atoms with Crippen LogP contribution in [0.1, 0.15) is 45.6 Å². The monoisotopic (exact) mass is 604 g/mol. The van der Waals surface area contributed by atoms with Gasteiger partial charge in [-0.3, -0.25) is 0 Å². The van der Waals surface area contributed by atoms with Crippen LogP contribution in [-0.4, -0.2) is 17.3 Å². The van der Waals surface area contributed by atoms with E-state index in [0.717, 1.165) is 19.3 Å². The second-order valence-corrected chi connectivity index (χ2v) is 14.4. The van der Waals surface area contributed by atoms with Gasteiger partial charge in [-0.1, -0.05) is 128 Å². The highest BCUT2D eigenvalue weighted by Crippen LogP contribution is 2.61. The molecule has 226 valence electrons. The van der Waals surface area contributed by atoms with E-state index in [2.05, 4.69) is 158 Å². The lowest BCUT2D eigenvalue weighted by molar-refractivity contribution is 0.624. The predicted molar refractivity (Wildman–Crippen MR) is 200 cm³/mol. The number of anilines is 1. The minimum atomic E-state index is -0.207. The summed E-state index contributed by atoms with van der Waals surface area (Å²) in [7, 11) is 0. The standard InChI is InChI=1S/C44H37BN2/c1-28-24-26-29(27-25-28)38-39(30-14-6-4-7-15-30)44(2,3)43-42(38)46(31-16-8-5-9-17-31)36-22-13-23-37-40(36)45(43)34-20-12-19-33-32-18-10-11-21-35(32)47(37)41(33)34/h4-21,23-24,26,36H,22,25,27H2,1-3H3. The van der Waals surface area contributed by atoms with Gasteiger partial charge in [-0.2, -0.15) is 0 Å². The Morgan fingerprint density at radius 1 is 0.766 bits per heavy atom. The van der Waals surface area contributed by atoms with E-state index in [1.54, 1.807) is 10.9 Å². The van der Waals surface area contributed by atoms with Gasteiger partial charge in [-0.25, -0.2) is 0 Å². The van der Waals surface area contributed by atoms with Crippen LogP contribution in [0.3, 0.4) is 0 Å². The lowest BCUT2D eigenvalue weighted by Gasteiger charge is -2.49. The third-order valence-electron chi connectivity index (χ3n) is 11.5. The molecule has 1 atom stereocenters. The molecule has 2 aliphatic heterocycles. The zero-order valence-electron chi connectivity index (χ0n) is 27.3. The molecule has 1 unspecified atom stereocenters. The van der Waals surface area contributed by atoms with Gasteiger partial charge in [0, 0.05) is 44.4 Å². The Labute approximate surface area is 277 Å². The first-order valence-electron chi connectivity index (χ1n) is 17.2. The first kappa shape index (κ1) is 27.1. The summed E-state index contributed by atoms with van der Waals surface area (Å²) in [5, 5.41) is 2.69. The Morgan fingerprint density at radius 3 is 2.30 bits per heavy atom. The van der Waals surface area contributed by atoms with E-state index in [0.29, 0.717) is 0 Å². The van der Waals surface area contributed by atoms with Gasteiger partial charge in [0.2, 0.25) is 6.71 Å². The largest absolute Gasteiger partial charge is 0.335 e. The molecule has 0 spiro atoms.